The Morgan fingerprint density at radius 2 is 1.18 bits per heavy atom. The molecule has 9 rings (SSSR count). The van der Waals surface area contributed by atoms with Crippen molar-refractivity contribution >= 4 is 57.7 Å². The minimum atomic E-state index is -1.38. The van der Waals surface area contributed by atoms with Crippen molar-refractivity contribution in [1.82, 2.24) is 15.2 Å². The number of anilines is 1. The van der Waals surface area contributed by atoms with Crippen LogP contribution >= 0.6 is 23.1 Å². The topological polar surface area (TPSA) is 158 Å². The summed E-state index contributed by atoms with van der Waals surface area (Å²) in [7, 11) is 1.48. The highest BCUT2D eigenvalue weighted by Crippen LogP contribution is 2.44. The van der Waals surface area contributed by atoms with Gasteiger partial charge in [0.15, 0.2) is 10.8 Å². The van der Waals surface area contributed by atoms with E-state index in [2.05, 4.69) is 47.0 Å². The summed E-state index contributed by atoms with van der Waals surface area (Å²) in [5.41, 5.74) is 2.42. The van der Waals surface area contributed by atoms with Crippen LogP contribution in [-0.4, -0.2) is 77.0 Å². The first-order valence-electron chi connectivity index (χ1n) is 24.2. The third-order valence-corrected chi connectivity index (χ3v) is 15.5. The van der Waals surface area contributed by atoms with Crippen LogP contribution in [-0.2, 0) is 49.4 Å². The fourth-order valence-corrected chi connectivity index (χ4v) is 11.2. The normalized spacial score (nSPS) is 15.9. The zero-order valence-corrected chi connectivity index (χ0v) is 42.9. The van der Waals surface area contributed by atoms with Crippen molar-refractivity contribution in [1.29, 1.82) is 0 Å². The first-order chi connectivity index (χ1) is 36.0. The van der Waals surface area contributed by atoms with Crippen molar-refractivity contribution in [3.05, 3.63) is 238 Å². The van der Waals surface area contributed by atoms with E-state index in [1.807, 2.05) is 153 Å². The zero-order chi connectivity index (χ0) is 51.7. The predicted octanol–water partition coefficient (Wildman–Crippen LogP) is 10.0. The molecule has 2 amide bonds. The second-order valence-corrected chi connectivity index (χ2v) is 20.2. The van der Waals surface area contributed by atoms with Gasteiger partial charge in [0.1, 0.15) is 28.3 Å². The van der Waals surface area contributed by atoms with Gasteiger partial charge in [0.25, 0.3) is 11.8 Å². The lowest BCUT2D eigenvalue weighted by atomic mass is 9.77. The number of amides is 2. The number of methoxy groups -OCH3 is 1. The Labute approximate surface area is 438 Å². The van der Waals surface area contributed by atoms with Crippen LogP contribution in [0.15, 0.2) is 204 Å². The van der Waals surface area contributed by atoms with Gasteiger partial charge >= 0.3 is 11.9 Å². The summed E-state index contributed by atoms with van der Waals surface area (Å²) in [6.45, 7) is 4.72. The molecule has 0 spiro atoms. The SMILES string of the molecule is CCC(C)(C)C(=O)OCOC(=O)C1=C(COC)CS[C@@H]2C(NC(=O)/C(=N\OC(c3ccccc3)(c3ccccc3)c3ccccc3)c3csc(NC(c4ccccc4)(c4ccccc4)c4ccccc4)n3)C(=O)N12. The Morgan fingerprint density at radius 3 is 1.64 bits per heavy atom. The minimum absolute atomic E-state index is 0.0264. The van der Waals surface area contributed by atoms with E-state index in [1.54, 1.807) is 19.2 Å². The van der Waals surface area contributed by atoms with Crippen molar-refractivity contribution in [2.24, 2.45) is 10.6 Å². The van der Waals surface area contributed by atoms with Crippen LogP contribution < -0.4 is 10.6 Å². The highest BCUT2D eigenvalue weighted by Gasteiger charge is 2.55. The van der Waals surface area contributed by atoms with Crippen LogP contribution in [0.25, 0.3) is 0 Å². The highest BCUT2D eigenvalue weighted by molar-refractivity contribution is 8.00. The summed E-state index contributed by atoms with van der Waals surface area (Å²) < 4.78 is 16.2. The van der Waals surface area contributed by atoms with Gasteiger partial charge in [0.2, 0.25) is 12.4 Å². The molecule has 0 aliphatic carbocycles. The van der Waals surface area contributed by atoms with Gasteiger partial charge in [-0.1, -0.05) is 194 Å². The summed E-state index contributed by atoms with van der Waals surface area (Å²) in [5, 5.41) is 13.1. The smallest absolute Gasteiger partial charge is 0.358 e. The number of hydrogen-bond acceptors (Lipinski definition) is 13. The molecule has 1 unspecified atom stereocenters. The van der Waals surface area contributed by atoms with Crippen LogP contribution in [0, 0.1) is 5.41 Å². The number of oxime groups is 1. The first-order valence-corrected chi connectivity index (χ1v) is 26.1. The summed E-state index contributed by atoms with van der Waals surface area (Å²) in [6.07, 6.45) is 0.516. The van der Waals surface area contributed by atoms with Gasteiger partial charge in [0.05, 0.1) is 12.0 Å². The third kappa shape index (κ3) is 10.1. The van der Waals surface area contributed by atoms with Crippen molar-refractivity contribution in [2.75, 3.05) is 31.6 Å². The number of benzene rings is 6. The largest absolute Gasteiger partial charge is 0.427 e. The van der Waals surface area contributed by atoms with E-state index in [9.17, 15) is 14.4 Å². The Hall–Kier alpha value is -7.85. The second kappa shape index (κ2) is 22.5. The number of fused-ring (bicyclic) bond motifs is 1. The second-order valence-electron chi connectivity index (χ2n) is 18.3. The number of rotatable bonds is 20. The minimum Gasteiger partial charge on any atom is -0.427 e. The molecule has 1 aromatic heterocycles. The number of thioether (sulfide) groups is 1. The molecule has 2 aliphatic heterocycles. The Kier molecular flexibility index (Phi) is 15.5. The van der Waals surface area contributed by atoms with Gasteiger partial charge in [-0.05, 0) is 42.5 Å². The number of aromatic nitrogens is 1. The molecular weight excluding hydrogens is 971 g/mol. The lowest BCUT2D eigenvalue weighted by Gasteiger charge is -2.49. The fraction of sp³-hybridized carbons (Fsp3) is 0.220. The van der Waals surface area contributed by atoms with E-state index in [4.69, 9.17) is 29.2 Å². The van der Waals surface area contributed by atoms with Gasteiger partial charge in [0, 0.05) is 34.9 Å². The Morgan fingerprint density at radius 1 is 0.703 bits per heavy atom. The lowest BCUT2D eigenvalue weighted by Crippen LogP contribution is -2.71. The number of β-lactam (4-membered cyclic amide) rings is 1. The number of carbonyl (C=O) groups is 4. The van der Waals surface area contributed by atoms with E-state index in [0.717, 1.165) is 33.4 Å². The molecule has 7 aromatic rings. The molecule has 376 valence electrons. The highest BCUT2D eigenvalue weighted by atomic mass is 32.2. The number of carbonyl (C=O) groups excluding carboxylic acids is 4. The molecule has 0 bridgehead atoms. The van der Waals surface area contributed by atoms with Crippen molar-refractivity contribution in [3.63, 3.8) is 0 Å². The van der Waals surface area contributed by atoms with Gasteiger partial charge in [-0.3, -0.25) is 19.3 Å². The molecule has 0 saturated carbocycles. The standard InChI is InChI=1S/C59H55N5O8S2/c1-5-57(2,3)55(68)71-39-70-54(67)50-40(36-69-4)37-73-53-49(52(66)64(50)53)61-51(65)48(63-72-59(44-30-18-9-19-31-44,45-32-20-10-21-33-45)46-34-22-11-23-35-46)47-38-74-56(60-47)62-58(41-24-12-6-13-25-41,42-26-14-7-15-27-42)43-28-16-8-17-29-43/h6-35,38,49,53H,5,36-37,39H2,1-4H3,(H,60,62)(H,61,65)/b63-48-/t49?,53-/m1/s1. The Balaban J connectivity index is 1.11. The Bertz CT molecular complexity index is 2950. The van der Waals surface area contributed by atoms with Crippen LogP contribution in [0.3, 0.4) is 0 Å². The fourth-order valence-electron chi connectivity index (χ4n) is 9.09. The number of ether oxygens (including phenoxy) is 3. The number of hydrogen-bond donors (Lipinski definition) is 2. The molecule has 3 heterocycles. The number of thiazole rings is 1. The number of nitrogens with zero attached hydrogens (tertiary/aromatic N) is 3. The monoisotopic (exact) mass is 1030 g/mol. The zero-order valence-electron chi connectivity index (χ0n) is 41.3. The molecule has 0 radical (unpaired) electrons. The predicted molar refractivity (Wildman–Crippen MR) is 287 cm³/mol. The maximum Gasteiger partial charge on any atom is 0.358 e. The maximum atomic E-state index is 15.2. The van der Waals surface area contributed by atoms with E-state index in [0.29, 0.717) is 17.1 Å². The van der Waals surface area contributed by atoms with Crippen molar-refractivity contribution in [2.45, 2.75) is 49.7 Å². The number of esters is 2. The van der Waals surface area contributed by atoms with Crippen molar-refractivity contribution < 1.29 is 38.2 Å². The summed E-state index contributed by atoms with van der Waals surface area (Å²) in [5.74, 6) is -2.42. The molecular formula is C59H55N5O8S2. The molecule has 1 fully saturated rings. The summed E-state index contributed by atoms with van der Waals surface area (Å²) in [4.78, 5) is 69.4. The molecule has 1 saturated heterocycles. The quantitative estimate of drug-likeness (QED) is 0.0187. The van der Waals surface area contributed by atoms with Crippen LogP contribution in [0.5, 0.6) is 0 Å². The molecule has 15 heteroatoms. The van der Waals surface area contributed by atoms with Crippen molar-refractivity contribution in [3.8, 4) is 0 Å². The van der Waals surface area contributed by atoms with Gasteiger partial charge in [-0.15, -0.1) is 23.1 Å². The molecule has 2 atom stereocenters. The summed E-state index contributed by atoms with van der Waals surface area (Å²) >= 11 is 2.64. The van der Waals surface area contributed by atoms with E-state index in [-0.39, 0.29) is 29.5 Å². The third-order valence-electron chi connectivity index (χ3n) is 13.4. The average Bonchev–Trinajstić information content (AvgIpc) is 3.92. The van der Waals surface area contributed by atoms with Crippen LogP contribution in [0.1, 0.15) is 66.3 Å². The molecule has 74 heavy (non-hydrogen) atoms. The van der Waals surface area contributed by atoms with Crippen LogP contribution in [0.4, 0.5) is 5.13 Å². The van der Waals surface area contributed by atoms with E-state index in [1.165, 1.54) is 35.1 Å². The van der Waals surface area contributed by atoms with Crippen LogP contribution in [0.2, 0.25) is 0 Å². The van der Waals surface area contributed by atoms with Gasteiger partial charge < -0.3 is 29.7 Å². The first kappa shape index (κ1) is 51.1. The maximum absolute atomic E-state index is 15.2. The summed E-state index contributed by atoms with van der Waals surface area (Å²) in [6, 6.07) is 58.1. The van der Waals surface area contributed by atoms with E-state index < -0.39 is 58.5 Å². The average molecular weight is 1030 g/mol. The van der Waals surface area contributed by atoms with E-state index >= 15 is 4.79 Å². The van der Waals surface area contributed by atoms with Gasteiger partial charge in [-0.25, -0.2) is 9.78 Å². The number of nitrogens with one attached hydrogen (secondary N) is 2. The molecule has 13 nitrogen and oxygen atoms in total. The molecule has 2 N–H and O–H groups in total. The molecule has 2 aliphatic rings. The molecule has 6 aromatic carbocycles. The van der Waals surface area contributed by atoms with Gasteiger partial charge in [-0.2, -0.15) is 0 Å². The lowest BCUT2D eigenvalue weighted by molar-refractivity contribution is -0.174.